The Bertz CT molecular complexity index is 479. The summed E-state index contributed by atoms with van der Waals surface area (Å²) in [5.41, 5.74) is 2.98. The summed E-state index contributed by atoms with van der Waals surface area (Å²) in [5, 5.41) is 8.56. The van der Waals surface area contributed by atoms with E-state index >= 15 is 0 Å². The SMILES string of the molecule is O=C(NO)c1cncn1Cc1ccccc1. The number of aromatic nitrogens is 2. The molecule has 0 atom stereocenters. The molecule has 1 aromatic heterocycles. The van der Waals surface area contributed by atoms with E-state index < -0.39 is 5.91 Å². The van der Waals surface area contributed by atoms with E-state index in [4.69, 9.17) is 5.21 Å². The molecule has 0 spiro atoms. The maximum atomic E-state index is 11.3. The van der Waals surface area contributed by atoms with Crippen molar-refractivity contribution in [3.63, 3.8) is 0 Å². The number of benzene rings is 1. The Kier molecular flexibility index (Phi) is 2.98. The average Bonchev–Trinajstić information content (AvgIpc) is 2.77. The predicted octanol–water partition coefficient (Wildman–Crippen LogP) is 1.05. The lowest BCUT2D eigenvalue weighted by Crippen LogP contribution is -2.22. The maximum Gasteiger partial charge on any atom is 0.292 e. The maximum absolute atomic E-state index is 11.3. The molecule has 0 saturated heterocycles. The lowest BCUT2D eigenvalue weighted by atomic mass is 10.2. The highest BCUT2D eigenvalue weighted by molar-refractivity contribution is 5.91. The van der Waals surface area contributed by atoms with Gasteiger partial charge in [0.1, 0.15) is 5.69 Å². The summed E-state index contributed by atoms with van der Waals surface area (Å²) in [5.74, 6) is -0.562. The normalized spacial score (nSPS) is 10.1. The number of nitrogens with one attached hydrogen (secondary N) is 1. The van der Waals surface area contributed by atoms with Crippen LogP contribution in [0.2, 0.25) is 0 Å². The van der Waals surface area contributed by atoms with Gasteiger partial charge >= 0.3 is 0 Å². The minimum Gasteiger partial charge on any atom is -0.322 e. The van der Waals surface area contributed by atoms with Gasteiger partial charge in [-0.3, -0.25) is 10.0 Å². The first-order chi connectivity index (χ1) is 7.81. The van der Waals surface area contributed by atoms with E-state index in [9.17, 15) is 4.79 Å². The van der Waals surface area contributed by atoms with Crippen molar-refractivity contribution in [2.24, 2.45) is 0 Å². The van der Waals surface area contributed by atoms with Crippen molar-refractivity contribution in [1.29, 1.82) is 0 Å². The van der Waals surface area contributed by atoms with Crippen molar-refractivity contribution in [3.8, 4) is 0 Å². The van der Waals surface area contributed by atoms with Crippen LogP contribution in [0.25, 0.3) is 0 Å². The molecule has 5 heteroatoms. The first kappa shape index (κ1) is 10.4. The third kappa shape index (κ3) is 2.09. The summed E-state index contributed by atoms with van der Waals surface area (Å²) in [6, 6.07) is 9.70. The minimum atomic E-state index is -0.562. The molecule has 2 rings (SSSR count). The van der Waals surface area contributed by atoms with Crippen LogP contribution in [-0.2, 0) is 6.54 Å². The van der Waals surface area contributed by atoms with Crippen LogP contribution < -0.4 is 5.48 Å². The standard InChI is InChI=1S/C11H11N3O2/c15-11(13-16)10-6-12-8-14(10)7-9-4-2-1-3-5-9/h1-6,8,16H,7H2,(H,13,15). The molecule has 16 heavy (non-hydrogen) atoms. The summed E-state index contributed by atoms with van der Waals surface area (Å²) in [6.45, 7) is 0.545. The molecule has 0 bridgehead atoms. The average molecular weight is 217 g/mol. The fourth-order valence-electron chi connectivity index (χ4n) is 1.47. The van der Waals surface area contributed by atoms with Gasteiger partial charge in [-0.1, -0.05) is 30.3 Å². The number of hydrogen-bond acceptors (Lipinski definition) is 3. The Labute approximate surface area is 92.3 Å². The van der Waals surface area contributed by atoms with Crippen LogP contribution in [0.1, 0.15) is 16.1 Å². The Morgan fingerprint density at radius 2 is 2.12 bits per heavy atom. The van der Waals surface area contributed by atoms with Crippen molar-refractivity contribution < 1.29 is 10.0 Å². The molecule has 0 aliphatic carbocycles. The second-order valence-electron chi connectivity index (χ2n) is 3.33. The lowest BCUT2D eigenvalue weighted by Gasteiger charge is -2.06. The molecule has 0 aliphatic heterocycles. The van der Waals surface area contributed by atoms with Gasteiger partial charge in [-0.05, 0) is 5.56 Å². The van der Waals surface area contributed by atoms with Gasteiger partial charge in [0.2, 0.25) is 0 Å². The Balaban J connectivity index is 2.22. The molecule has 0 radical (unpaired) electrons. The van der Waals surface area contributed by atoms with Crippen LogP contribution in [0.15, 0.2) is 42.9 Å². The molecule has 82 valence electrons. The minimum absolute atomic E-state index is 0.325. The number of hydroxylamine groups is 1. The van der Waals surface area contributed by atoms with E-state index in [0.717, 1.165) is 5.56 Å². The van der Waals surface area contributed by atoms with E-state index in [2.05, 4.69) is 4.98 Å². The summed E-state index contributed by atoms with van der Waals surface area (Å²) in [4.78, 5) is 15.1. The van der Waals surface area contributed by atoms with Gasteiger partial charge in [0.05, 0.1) is 12.5 Å². The van der Waals surface area contributed by atoms with Gasteiger partial charge in [0.15, 0.2) is 0 Å². The van der Waals surface area contributed by atoms with Crippen LogP contribution in [0.3, 0.4) is 0 Å². The van der Waals surface area contributed by atoms with E-state index in [1.807, 2.05) is 30.3 Å². The smallest absolute Gasteiger partial charge is 0.292 e. The summed E-state index contributed by atoms with van der Waals surface area (Å²) in [7, 11) is 0. The van der Waals surface area contributed by atoms with Crippen LogP contribution in [0.5, 0.6) is 0 Å². The fraction of sp³-hybridized carbons (Fsp3) is 0.0909. The van der Waals surface area contributed by atoms with Crippen molar-refractivity contribution in [1.82, 2.24) is 15.0 Å². The van der Waals surface area contributed by atoms with Crippen LogP contribution in [0.4, 0.5) is 0 Å². The number of hydrogen-bond donors (Lipinski definition) is 2. The summed E-state index contributed by atoms with van der Waals surface area (Å²) >= 11 is 0. The summed E-state index contributed by atoms with van der Waals surface area (Å²) < 4.78 is 1.67. The van der Waals surface area contributed by atoms with E-state index in [1.165, 1.54) is 6.20 Å². The van der Waals surface area contributed by atoms with Crippen LogP contribution in [-0.4, -0.2) is 20.7 Å². The molecule has 0 fully saturated rings. The van der Waals surface area contributed by atoms with Crippen LogP contribution >= 0.6 is 0 Å². The topological polar surface area (TPSA) is 67.2 Å². The van der Waals surface area contributed by atoms with E-state index in [1.54, 1.807) is 16.4 Å². The first-order valence-electron chi connectivity index (χ1n) is 4.80. The van der Waals surface area contributed by atoms with Crippen molar-refractivity contribution in [3.05, 3.63) is 54.1 Å². The predicted molar refractivity (Wildman–Crippen MR) is 57.0 cm³/mol. The first-order valence-corrected chi connectivity index (χ1v) is 4.80. The quantitative estimate of drug-likeness (QED) is 0.596. The third-order valence-electron chi connectivity index (χ3n) is 2.24. The van der Waals surface area contributed by atoms with E-state index in [0.29, 0.717) is 12.2 Å². The van der Waals surface area contributed by atoms with Gasteiger partial charge in [0, 0.05) is 6.54 Å². The van der Waals surface area contributed by atoms with Crippen molar-refractivity contribution in [2.75, 3.05) is 0 Å². The zero-order chi connectivity index (χ0) is 11.4. The Morgan fingerprint density at radius 3 is 2.81 bits per heavy atom. The van der Waals surface area contributed by atoms with Gasteiger partial charge in [0.25, 0.3) is 5.91 Å². The number of amides is 1. The van der Waals surface area contributed by atoms with Gasteiger partial charge in [-0.2, -0.15) is 0 Å². The highest BCUT2D eigenvalue weighted by Crippen LogP contribution is 2.05. The number of carbonyl (C=O) groups is 1. The molecule has 0 unspecified atom stereocenters. The molecule has 2 aromatic rings. The number of nitrogens with zero attached hydrogens (tertiary/aromatic N) is 2. The summed E-state index contributed by atoms with van der Waals surface area (Å²) in [6.07, 6.45) is 2.96. The Hall–Kier alpha value is -2.14. The molecule has 2 N–H and O–H groups in total. The van der Waals surface area contributed by atoms with Gasteiger partial charge in [-0.25, -0.2) is 10.5 Å². The molecule has 0 saturated carbocycles. The molecule has 5 nitrogen and oxygen atoms in total. The van der Waals surface area contributed by atoms with Crippen molar-refractivity contribution in [2.45, 2.75) is 6.54 Å². The Morgan fingerprint density at radius 1 is 1.38 bits per heavy atom. The zero-order valence-electron chi connectivity index (χ0n) is 8.50. The molecular formula is C11H11N3O2. The molecule has 1 amide bonds. The van der Waals surface area contributed by atoms with E-state index in [-0.39, 0.29) is 0 Å². The number of rotatable bonds is 3. The second kappa shape index (κ2) is 4.59. The highest BCUT2D eigenvalue weighted by atomic mass is 16.5. The molecular weight excluding hydrogens is 206 g/mol. The van der Waals surface area contributed by atoms with Crippen LogP contribution in [0, 0.1) is 0 Å². The van der Waals surface area contributed by atoms with Gasteiger partial charge in [-0.15, -0.1) is 0 Å². The van der Waals surface area contributed by atoms with Gasteiger partial charge < -0.3 is 4.57 Å². The zero-order valence-corrected chi connectivity index (χ0v) is 8.50. The highest BCUT2D eigenvalue weighted by Gasteiger charge is 2.10. The monoisotopic (exact) mass is 217 g/mol. The fourth-order valence-corrected chi connectivity index (χ4v) is 1.47. The third-order valence-corrected chi connectivity index (χ3v) is 2.24. The van der Waals surface area contributed by atoms with Crippen molar-refractivity contribution >= 4 is 5.91 Å². The number of imidazole rings is 1. The lowest BCUT2D eigenvalue weighted by molar-refractivity contribution is 0.0696. The second-order valence-corrected chi connectivity index (χ2v) is 3.33. The largest absolute Gasteiger partial charge is 0.322 e. The molecule has 0 aliphatic rings. The molecule has 1 aromatic carbocycles. The number of carbonyl (C=O) groups excluding carboxylic acids is 1. The molecule has 1 heterocycles.